The van der Waals surface area contributed by atoms with E-state index in [0.29, 0.717) is 26.8 Å². The van der Waals surface area contributed by atoms with Crippen molar-refractivity contribution in [2.24, 2.45) is 0 Å². The monoisotopic (exact) mass is 283 g/mol. The normalized spacial score (nSPS) is 11.2. The molecule has 114 valence electrons. The summed E-state index contributed by atoms with van der Waals surface area (Å²) in [5, 5.41) is 0. The minimum atomic E-state index is 0.333. The predicted molar refractivity (Wildman–Crippen MR) is 77.4 cm³/mol. The Bertz CT molecular complexity index is 309. The Labute approximate surface area is 121 Å². The van der Waals surface area contributed by atoms with Crippen LogP contribution in [0.5, 0.6) is 0 Å². The van der Waals surface area contributed by atoms with Gasteiger partial charge in [0.1, 0.15) is 13.6 Å². The van der Waals surface area contributed by atoms with Crippen LogP contribution in [0.25, 0.3) is 0 Å². The molecular formula is C15H25NO4. The Hall–Kier alpha value is -0.980. The van der Waals surface area contributed by atoms with Gasteiger partial charge in [0.05, 0.1) is 13.2 Å². The van der Waals surface area contributed by atoms with Crippen LogP contribution in [0.2, 0.25) is 0 Å². The van der Waals surface area contributed by atoms with Crippen molar-refractivity contribution in [1.82, 2.24) is 4.90 Å². The van der Waals surface area contributed by atoms with E-state index in [-0.39, 0.29) is 0 Å². The van der Waals surface area contributed by atoms with Crippen molar-refractivity contribution in [2.45, 2.75) is 6.54 Å². The summed E-state index contributed by atoms with van der Waals surface area (Å²) in [4.78, 5) is 2.29. The van der Waals surface area contributed by atoms with E-state index in [4.69, 9.17) is 18.9 Å². The average molecular weight is 283 g/mol. The fourth-order valence-corrected chi connectivity index (χ4v) is 1.78. The van der Waals surface area contributed by atoms with Gasteiger partial charge in [0.15, 0.2) is 0 Å². The largest absolute Gasteiger partial charge is 0.359 e. The summed E-state index contributed by atoms with van der Waals surface area (Å²) in [5.74, 6) is 0. The van der Waals surface area contributed by atoms with Gasteiger partial charge in [-0.15, -0.1) is 0 Å². The van der Waals surface area contributed by atoms with Gasteiger partial charge in [-0.25, -0.2) is 0 Å². The maximum absolute atomic E-state index is 5.35. The number of hydrogen-bond donors (Lipinski definition) is 0. The molecule has 0 saturated carbocycles. The quantitative estimate of drug-likeness (QED) is 0.431. The highest BCUT2D eigenvalue weighted by Gasteiger charge is 2.06. The first-order valence-electron chi connectivity index (χ1n) is 6.76. The van der Waals surface area contributed by atoms with Crippen molar-refractivity contribution < 1.29 is 18.9 Å². The summed E-state index contributed by atoms with van der Waals surface area (Å²) in [6.45, 7) is 4.52. The second kappa shape index (κ2) is 11.8. The Kier molecular flexibility index (Phi) is 10.1. The van der Waals surface area contributed by atoms with Gasteiger partial charge in [-0.3, -0.25) is 4.90 Å². The molecular weight excluding hydrogens is 258 g/mol. The molecule has 0 bridgehead atoms. The van der Waals surface area contributed by atoms with Crippen molar-refractivity contribution in [3.63, 3.8) is 0 Å². The fourth-order valence-electron chi connectivity index (χ4n) is 1.78. The molecule has 0 atom stereocenters. The highest BCUT2D eigenvalue weighted by atomic mass is 16.7. The van der Waals surface area contributed by atoms with Crippen LogP contribution in [-0.2, 0) is 25.5 Å². The average Bonchev–Trinajstić information content (AvgIpc) is 2.49. The standard InChI is InChI=1S/C15H25NO4/c1-17-13-19-10-8-16(9-11-20-14-18-2)12-15-6-4-3-5-7-15/h3-7H,8-14H2,1-2H3. The van der Waals surface area contributed by atoms with E-state index in [1.165, 1.54) is 5.56 Å². The van der Waals surface area contributed by atoms with Crippen molar-refractivity contribution in [1.29, 1.82) is 0 Å². The van der Waals surface area contributed by atoms with Gasteiger partial charge in [-0.2, -0.15) is 0 Å². The molecule has 0 aliphatic carbocycles. The first-order valence-corrected chi connectivity index (χ1v) is 6.76. The zero-order valence-electron chi connectivity index (χ0n) is 12.4. The third-order valence-electron chi connectivity index (χ3n) is 2.76. The lowest BCUT2D eigenvalue weighted by molar-refractivity contribution is -0.0494. The van der Waals surface area contributed by atoms with Crippen LogP contribution in [0.1, 0.15) is 5.56 Å². The lowest BCUT2D eigenvalue weighted by Crippen LogP contribution is -2.31. The first-order chi connectivity index (χ1) is 9.86. The van der Waals surface area contributed by atoms with E-state index in [2.05, 4.69) is 29.2 Å². The van der Waals surface area contributed by atoms with Gasteiger partial charge in [0, 0.05) is 33.9 Å². The van der Waals surface area contributed by atoms with Gasteiger partial charge in [-0.05, 0) is 5.56 Å². The summed E-state index contributed by atoms with van der Waals surface area (Å²) in [7, 11) is 3.25. The van der Waals surface area contributed by atoms with E-state index in [1.807, 2.05) is 6.07 Å². The molecule has 0 fully saturated rings. The zero-order chi connectivity index (χ0) is 14.5. The van der Waals surface area contributed by atoms with Gasteiger partial charge in [0.25, 0.3) is 0 Å². The summed E-state index contributed by atoms with van der Waals surface area (Å²) in [6, 6.07) is 10.4. The number of methoxy groups -OCH3 is 2. The van der Waals surface area contributed by atoms with Crippen LogP contribution in [0.15, 0.2) is 30.3 Å². The fraction of sp³-hybridized carbons (Fsp3) is 0.600. The van der Waals surface area contributed by atoms with Crippen LogP contribution in [-0.4, -0.2) is 59.0 Å². The first kappa shape index (κ1) is 17.1. The van der Waals surface area contributed by atoms with Gasteiger partial charge >= 0.3 is 0 Å². The topological polar surface area (TPSA) is 40.2 Å². The van der Waals surface area contributed by atoms with Crippen LogP contribution < -0.4 is 0 Å². The Morgan fingerprint density at radius 1 is 0.850 bits per heavy atom. The molecule has 0 amide bonds. The second-order valence-corrected chi connectivity index (χ2v) is 4.39. The molecule has 1 rings (SSSR count). The maximum Gasteiger partial charge on any atom is 0.146 e. The van der Waals surface area contributed by atoms with Crippen molar-refractivity contribution in [2.75, 3.05) is 54.1 Å². The van der Waals surface area contributed by atoms with E-state index >= 15 is 0 Å². The minimum Gasteiger partial charge on any atom is -0.359 e. The Balaban J connectivity index is 2.33. The molecule has 0 aromatic heterocycles. The molecule has 20 heavy (non-hydrogen) atoms. The summed E-state index contributed by atoms with van der Waals surface area (Å²) >= 11 is 0. The van der Waals surface area contributed by atoms with Gasteiger partial charge in [0.2, 0.25) is 0 Å². The molecule has 0 aliphatic rings. The predicted octanol–water partition coefficient (Wildman–Crippen LogP) is 1.73. The number of nitrogens with zero attached hydrogens (tertiary/aromatic N) is 1. The molecule has 0 spiro atoms. The molecule has 0 unspecified atom stereocenters. The van der Waals surface area contributed by atoms with Crippen molar-refractivity contribution in [3.8, 4) is 0 Å². The molecule has 5 heteroatoms. The van der Waals surface area contributed by atoms with E-state index in [1.54, 1.807) is 14.2 Å². The maximum atomic E-state index is 5.35. The van der Waals surface area contributed by atoms with Crippen molar-refractivity contribution in [3.05, 3.63) is 35.9 Å². The number of benzene rings is 1. The number of hydrogen-bond acceptors (Lipinski definition) is 5. The number of rotatable bonds is 12. The van der Waals surface area contributed by atoms with Crippen molar-refractivity contribution >= 4 is 0 Å². The highest BCUT2D eigenvalue weighted by Crippen LogP contribution is 2.04. The van der Waals surface area contributed by atoms with E-state index in [0.717, 1.165) is 19.6 Å². The lowest BCUT2D eigenvalue weighted by atomic mass is 10.2. The summed E-state index contributed by atoms with van der Waals surface area (Å²) < 4.78 is 20.4. The zero-order valence-corrected chi connectivity index (χ0v) is 12.4. The van der Waals surface area contributed by atoms with Gasteiger partial charge in [-0.1, -0.05) is 30.3 Å². The molecule has 0 N–H and O–H groups in total. The molecule has 5 nitrogen and oxygen atoms in total. The van der Waals surface area contributed by atoms with Crippen LogP contribution in [0.4, 0.5) is 0 Å². The third-order valence-corrected chi connectivity index (χ3v) is 2.76. The third kappa shape index (κ3) is 8.24. The van der Waals surface area contributed by atoms with Crippen LogP contribution >= 0.6 is 0 Å². The molecule has 1 aromatic carbocycles. The molecule has 0 aliphatic heterocycles. The summed E-state index contributed by atoms with van der Waals surface area (Å²) in [6.07, 6.45) is 0. The molecule has 1 aromatic rings. The van der Waals surface area contributed by atoms with E-state index in [9.17, 15) is 0 Å². The highest BCUT2D eigenvalue weighted by molar-refractivity contribution is 5.14. The molecule has 0 heterocycles. The SMILES string of the molecule is COCOCCN(CCOCOC)Cc1ccccc1. The van der Waals surface area contributed by atoms with Crippen LogP contribution in [0, 0.1) is 0 Å². The number of ether oxygens (including phenoxy) is 4. The second-order valence-electron chi connectivity index (χ2n) is 4.39. The van der Waals surface area contributed by atoms with Gasteiger partial charge < -0.3 is 18.9 Å². The Morgan fingerprint density at radius 2 is 1.40 bits per heavy atom. The molecule has 0 radical (unpaired) electrons. The Morgan fingerprint density at radius 3 is 1.90 bits per heavy atom. The smallest absolute Gasteiger partial charge is 0.146 e. The minimum absolute atomic E-state index is 0.333. The lowest BCUT2D eigenvalue weighted by Gasteiger charge is -2.22. The van der Waals surface area contributed by atoms with E-state index < -0.39 is 0 Å². The summed E-state index contributed by atoms with van der Waals surface area (Å²) in [5.41, 5.74) is 1.28. The van der Waals surface area contributed by atoms with Crippen LogP contribution in [0.3, 0.4) is 0 Å². The molecule has 0 saturated heterocycles.